The fourth-order valence-corrected chi connectivity index (χ4v) is 2.07. The third-order valence-electron chi connectivity index (χ3n) is 2.88. The first-order valence-electron chi connectivity index (χ1n) is 6.61. The average Bonchev–Trinajstić information content (AvgIpc) is 2.16. The number of nitrogens with one attached hydrogen (secondary N) is 1. The van der Waals surface area contributed by atoms with Crippen LogP contribution in [-0.4, -0.2) is 50.8 Å². The minimum absolute atomic E-state index is 0.276. The SMILES string of the molecule is CN1CCOCC1.CNC(C)(C)CC(C)(C)C. The van der Waals surface area contributed by atoms with E-state index in [0.29, 0.717) is 5.41 Å². The molecule has 0 aromatic heterocycles. The topological polar surface area (TPSA) is 24.5 Å². The van der Waals surface area contributed by atoms with Crippen LogP contribution in [0.4, 0.5) is 0 Å². The van der Waals surface area contributed by atoms with E-state index in [1.807, 2.05) is 7.05 Å². The predicted octanol–water partition coefficient (Wildman–Crippen LogP) is 2.37. The maximum Gasteiger partial charge on any atom is 0.0594 e. The van der Waals surface area contributed by atoms with Gasteiger partial charge in [0.15, 0.2) is 0 Å². The summed E-state index contributed by atoms with van der Waals surface area (Å²) in [6, 6.07) is 0. The van der Waals surface area contributed by atoms with E-state index in [4.69, 9.17) is 4.74 Å². The summed E-state index contributed by atoms with van der Waals surface area (Å²) in [7, 11) is 4.13. The summed E-state index contributed by atoms with van der Waals surface area (Å²) in [5, 5.41) is 3.30. The van der Waals surface area contributed by atoms with Crippen LogP contribution < -0.4 is 5.32 Å². The number of ether oxygens (including phenoxy) is 1. The van der Waals surface area contributed by atoms with E-state index in [0.717, 1.165) is 26.3 Å². The lowest BCUT2D eigenvalue weighted by Crippen LogP contribution is -2.39. The van der Waals surface area contributed by atoms with Crippen LogP contribution in [0, 0.1) is 5.41 Å². The average molecular weight is 244 g/mol. The fourth-order valence-electron chi connectivity index (χ4n) is 2.07. The Morgan fingerprint density at radius 1 is 1.06 bits per heavy atom. The zero-order valence-electron chi connectivity index (χ0n) is 12.9. The van der Waals surface area contributed by atoms with Crippen molar-refractivity contribution in [1.82, 2.24) is 10.2 Å². The van der Waals surface area contributed by atoms with Gasteiger partial charge in [-0.3, -0.25) is 0 Å². The normalized spacial score (nSPS) is 18.5. The second-order valence-electron chi connectivity index (χ2n) is 6.79. The van der Waals surface area contributed by atoms with Crippen molar-refractivity contribution in [2.45, 2.75) is 46.6 Å². The molecule has 0 radical (unpaired) electrons. The third kappa shape index (κ3) is 10.7. The van der Waals surface area contributed by atoms with Gasteiger partial charge in [-0.05, 0) is 39.8 Å². The van der Waals surface area contributed by atoms with Gasteiger partial charge < -0.3 is 15.0 Å². The summed E-state index contributed by atoms with van der Waals surface area (Å²) >= 11 is 0. The molecule has 1 fully saturated rings. The molecule has 1 aliphatic rings. The van der Waals surface area contributed by atoms with Crippen LogP contribution in [0.15, 0.2) is 0 Å². The lowest BCUT2D eigenvalue weighted by molar-refractivity contribution is 0.0503. The van der Waals surface area contributed by atoms with Gasteiger partial charge in [0.05, 0.1) is 13.2 Å². The highest BCUT2D eigenvalue weighted by Crippen LogP contribution is 2.26. The molecule has 0 aromatic rings. The zero-order valence-corrected chi connectivity index (χ0v) is 12.9. The van der Waals surface area contributed by atoms with Gasteiger partial charge in [0.25, 0.3) is 0 Å². The van der Waals surface area contributed by atoms with Crippen molar-refractivity contribution in [3.8, 4) is 0 Å². The molecule has 1 heterocycles. The first kappa shape index (κ1) is 16.9. The summed E-state index contributed by atoms with van der Waals surface area (Å²) in [5.74, 6) is 0. The van der Waals surface area contributed by atoms with Gasteiger partial charge >= 0.3 is 0 Å². The molecule has 0 saturated carbocycles. The maximum absolute atomic E-state index is 5.10. The fraction of sp³-hybridized carbons (Fsp3) is 1.00. The Bertz CT molecular complexity index is 191. The highest BCUT2D eigenvalue weighted by Gasteiger charge is 2.22. The molecule has 0 aromatic carbocycles. The van der Waals surface area contributed by atoms with E-state index in [1.54, 1.807) is 0 Å². The molecule has 0 atom stereocenters. The van der Waals surface area contributed by atoms with Crippen molar-refractivity contribution in [2.75, 3.05) is 40.4 Å². The van der Waals surface area contributed by atoms with Crippen molar-refractivity contribution in [3.05, 3.63) is 0 Å². The molecule has 1 N–H and O–H groups in total. The standard InChI is InChI=1S/C9H21N.C5H11NO/c1-8(2,3)7-9(4,5)10-6;1-6-2-4-7-5-3-6/h10H,7H2,1-6H3;2-5H2,1H3. The summed E-state index contributed by atoms with van der Waals surface area (Å²) < 4.78 is 5.10. The highest BCUT2D eigenvalue weighted by molar-refractivity contribution is 4.81. The molecule has 104 valence electrons. The second-order valence-corrected chi connectivity index (χ2v) is 6.79. The van der Waals surface area contributed by atoms with E-state index in [1.165, 1.54) is 6.42 Å². The molecule has 1 aliphatic heterocycles. The Balaban J connectivity index is 0.000000318. The summed E-state index contributed by atoms with van der Waals surface area (Å²) in [5.41, 5.74) is 0.699. The molecule has 1 saturated heterocycles. The van der Waals surface area contributed by atoms with E-state index >= 15 is 0 Å². The minimum atomic E-state index is 0.276. The second kappa shape index (κ2) is 7.34. The van der Waals surface area contributed by atoms with Gasteiger partial charge in [-0.15, -0.1) is 0 Å². The van der Waals surface area contributed by atoms with E-state index in [9.17, 15) is 0 Å². The molecule has 17 heavy (non-hydrogen) atoms. The largest absolute Gasteiger partial charge is 0.379 e. The monoisotopic (exact) mass is 244 g/mol. The molecule has 0 spiro atoms. The minimum Gasteiger partial charge on any atom is -0.379 e. The van der Waals surface area contributed by atoms with E-state index < -0.39 is 0 Å². The van der Waals surface area contributed by atoms with Crippen LogP contribution in [0.25, 0.3) is 0 Å². The van der Waals surface area contributed by atoms with Crippen LogP contribution in [0.2, 0.25) is 0 Å². The highest BCUT2D eigenvalue weighted by atomic mass is 16.5. The molecular weight excluding hydrogens is 212 g/mol. The zero-order chi connectivity index (χ0) is 13.5. The van der Waals surface area contributed by atoms with Gasteiger partial charge in [-0.25, -0.2) is 0 Å². The molecule has 1 rings (SSSR count). The number of hydrogen-bond acceptors (Lipinski definition) is 3. The Hall–Kier alpha value is -0.120. The smallest absolute Gasteiger partial charge is 0.0594 e. The van der Waals surface area contributed by atoms with E-state index in [-0.39, 0.29) is 5.54 Å². The third-order valence-corrected chi connectivity index (χ3v) is 2.88. The first-order chi connectivity index (χ1) is 7.66. The van der Waals surface area contributed by atoms with Crippen molar-refractivity contribution in [1.29, 1.82) is 0 Å². The Morgan fingerprint density at radius 2 is 1.53 bits per heavy atom. The van der Waals surface area contributed by atoms with Crippen molar-refractivity contribution in [2.24, 2.45) is 5.41 Å². The van der Waals surface area contributed by atoms with Gasteiger partial charge in [0, 0.05) is 18.6 Å². The number of hydrogen-bond donors (Lipinski definition) is 1. The molecule has 0 aliphatic carbocycles. The van der Waals surface area contributed by atoms with Gasteiger partial charge in [-0.1, -0.05) is 20.8 Å². The lowest BCUT2D eigenvalue weighted by atomic mass is 9.82. The molecule has 3 nitrogen and oxygen atoms in total. The van der Waals surface area contributed by atoms with Crippen LogP contribution in [0.3, 0.4) is 0 Å². The van der Waals surface area contributed by atoms with E-state index in [2.05, 4.69) is 51.9 Å². The number of morpholine rings is 1. The maximum atomic E-state index is 5.10. The molecule has 0 unspecified atom stereocenters. The van der Waals surface area contributed by atoms with Crippen LogP contribution >= 0.6 is 0 Å². The van der Waals surface area contributed by atoms with Gasteiger partial charge in [0.1, 0.15) is 0 Å². The lowest BCUT2D eigenvalue weighted by Gasteiger charge is -2.31. The van der Waals surface area contributed by atoms with Gasteiger partial charge in [-0.2, -0.15) is 0 Å². The van der Waals surface area contributed by atoms with Crippen LogP contribution in [-0.2, 0) is 4.74 Å². The first-order valence-corrected chi connectivity index (χ1v) is 6.61. The number of rotatable bonds is 2. The number of nitrogens with zero attached hydrogens (tertiary/aromatic N) is 1. The van der Waals surface area contributed by atoms with Crippen molar-refractivity contribution >= 4 is 0 Å². The summed E-state index contributed by atoms with van der Waals surface area (Å²) in [4.78, 5) is 2.27. The van der Waals surface area contributed by atoms with Gasteiger partial charge in [0.2, 0.25) is 0 Å². The predicted molar refractivity (Wildman–Crippen MR) is 75.5 cm³/mol. The quantitative estimate of drug-likeness (QED) is 0.807. The van der Waals surface area contributed by atoms with Crippen molar-refractivity contribution in [3.63, 3.8) is 0 Å². The molecule has 3 heteroatoms. The van der Waals surface area contributed by atoms with Crippen LogP contribution in [0.5, 0.6) is 0 Å². The Labute approximate surface area is 108 Å². The molecule has 0 amide bonds. The molecular formula is C14H32N2O. The van der Waals surface area contributed by atoms with Crippen molar-refractivity contribution < 1.29 is 4.74 Å². The Morgan fingerprint density at radius 3 is 1.71 bits per heavy atom. The Kier molecular flexibility index (Phi) is 7.29. The summed E-state index contributed by atoms with van der Waals surface area (Å²) in [6.45, 7) is 15.3. The number of likely N-dealkylation sites (N-methyl/N-ethyl adjacent to an activating group) is 1. The molecule has 0 bridgehead atoms. The van der Waals surface area contributed by atoms with Crippen LogP contribution in [0.1, 0.15) is 41.0 Å². The summed E-state index contributed by atoms with van der Waals surface area (Å²) in [6.07, 6.45) is 1.20.